The lowest BCUT2D eigenvalue weighted by Gasteiger charge is -2.23. The van der Waals surface area contributed by atoms with Gasteiger partial charge < -0.3 is 14.4 Å². The number of esters is 1. The molecule has 0 N–H and O–H groups in total. The number of carbonyl (C=O) groups excluding carboxylic acids is 2. The van der Waals surface area contributed by atoms with Crippen molar-refractivity contribution in [1.82, 2.24) is 9.97 Å². The molecule has 0 aliphatic carbocycles. The summed E-state index contributed by atoms with van der Waals surface area (Å²) in [4.78, 5) is 35.1. The van der Waals surface area contributed by atoms with E-state index < -0.39 is 11.6 Å². The van der Waals surface area contributed by atoms with Crippen LogP contribution >= 0.6 is 0 Å². The van der Waals surface area contributed by atoms with E-state index in [4.69, 9.17) is 9.47 Å². The van der Waals surface area contributed by atoms with Crippen LogP contribution in [0, 0.1) is 0 Å². The average Bonchev–Trinajstić information content (AvgIpc) is 3.15. The molecule has 3 rings (SSSR count). The number of rotatable bonds is 3. The van der Waals surface area contributed by atoms with E-state index in [2.05, 4.69) is 9.97 Å². The summed E-state index contributed by atoms with van der Waals surface area (Å²) in [5.41, 5.74) is 1.75. The average molecular weight is 385 g/mol. The molecule has 1 aliphatic heterocycles. The highest BCUT2D eigenvalue weighted by Gasteiger charge is 2.34. The van der Waals surface area contributed by atoms with Crippen LogP contribution in [0.15, 0.2) is 24.5 Å². The highest BCUT2D eigenvalue weighted by molar-refractivity contribution is 6.05. The monoisotopic (exact) mass is 385 g/mol. The number of hydrogen-bond acceptors (Lipinski definition) is 7. The Morgan fingerprint density at radius 2 is 1.86 bits per heavy atom. The van der Waals surface area contributed by atoms with Crippen molar-refractivity contribution in [1.29, 1.82) is 0 Å². The Bertz CT molecular complexity index is 949. The number of nitrogens with zero attached hydrogens (tertiary/aromatic N) is 4. The maximum atomic E-state index is 12.3. The quantitative estimate of drug-likeness (QED) is 0.593. The van der Waals surface area contributed by atoms with Crippen molar-refractivity contribution < 1.29 is 23.6 Å². The van der Waals surface area contributed by atoms with Gasteiger partial charge in [-0.15, -0.1) is 4.58 Å². The van der Waals surface area contributed by atoms with Crippen LogP contribution in [0.25, 0.3) is 11.0 Å². The van der Waals surface area contributed by atoms with Gasteiger partial charge in [-0.3, -0.25) is 9.97 Å². The van der Waals surface area contributed by atoms with Crippen LogP contribution in [0.5, 0.6) is 0 Å². The van der Waals surface area contributed by atoms with Gasteiger partial charge in [0.2, 0.25) is 0 Å². The van der Waals surface area contributed by atoms with Crippen molar-refractivity contribution in [2.45, 2.75) is 38.8 Å². The van der Waals surface area contributed by atoms with Crippen LogP contribution < -0.4 is 4.90 Å². The van der Waals surface area contributed by atoms with Crippen LogP contribution in [-0.4, -0.2) is 65.2 Å². The maximum absolute atomic E-state index is 12.3. The molecule has 1 amide bonds. The third kappa shape index (κ3) is 3.95. The number of benzene rings is 1. The highest BCUT2D eigenvalue weighted by Crippen LogP contribution is 2.28. The fraction of sp³-hybridized carbons (Fsp3) is 0.450. The fourth-order valence-electron chi connectivity index (χ4n) is 3.18. The number of carbonyl (C=O) groups is 2. The lowest BCUT2D eigenvalue weighted by Crippen LogP contribution is -2.33. The highest BCUT2D eigenvalue weighted by atomic mass is 16.6. The SMILES string of the molecule is COC(=O)c1ccc(N(C)C2C=[N+](C(=O)OC(C)(C)C)CC2)c2nccnc12. The number of amides is 1. The van der Waals surface area contributed by atoms with Crippen LogP contribution in [0.1, 0.15) is 37.6 Å². The number of anilines is 1. The van der Waals surface area contributed by atoms with Crippen molar-refractivity contribution in [3.63, 3.8) is 0 Å². The minimum atomic E-state index is -0.537. The molecule has 2 aromatic rings. The lowest BCUT2D eigenvalue weighted by molar-refractivity contribution is -0.438. The zero-order chi connectivity index (χ0) is 20.5. The molecule has 8 nitrogen and oxygen atoms in total. The Morgan fingerprint density at radius 3 is 2.50 bits per heavy atom. The van der Waals surface area contributed by atoms with E-state index in [1.807, 2.05) is 45.0 Å². The summed E-state index contributed by atoms with van der Waals surface area (Å²) in [7, 11) is 3.27. The van der Waals surface area contributed by atoms with E-state index in [9.17, 15) is 9.59 Å². The first-order chi connectivity index (χ1) is 13.2. The predicted molar refractivity (Wildman–Crippen MR) is 105 cm³/mol. The number of hydrogen-bond donors (Lipinski definition) is 0. The fourth-order valence-corrected chi connectivity index (χ4v) is 3.18. The first kappa shape index (κ1) is 19.7. The van der Waals surface area contributed by atoms with Gasteiger partial charge in [-0.25, -0.2) is 4.79 Å². The first-order valence-electron chi connectivity index (χ1n) is 9.11. The standard InChI is InChI=1S/C20H25N4O4/c1-20(2,3)28-19(26)24-11-8-13(12-24)23(4)15-7-6-14(18(25)27-5)16-17(15)22-10-9-21-16/h6-7,9-10,12-13H,8,11H2,1-5H3/q+1. The smallest absolute Gasteiger partial charge is 0.465 e. The van der Waals surface area contributed by atoms with Crippen LogP contribution in [0.3, 0.4) is 0 Å². The lowest BCUT2D eigenvalue weighted by atomic mass is 10.1. The largest absolute Gasteiger partial charge is 0.596 e. The number of methoxy groups -OCH3 is 1. The second-order valence-electron chi connectivity index (χ2n) is 7.67. The Balaban J connectivity index is 1.91. The second kappa shape index (κ2) is 7.53. The molecule has 2 heterocycles. The molecule has 1 aromatic heterocycles. The minimum absolute atomic E-state index is 0.0123. The third-order valence-corrected chi connectivity index (χ3v) is 4.53. The molecule has 8 heteroatoms. The molecule has 0 radical (unpaired) electrons. The Morgan fingerprint density at radius 1 is 1.18 bits per heavy atom. The summed E-state index contributed by atoms with van der Waals surface area (Å²) in [6, 6.07) is 3.50. The van der Waals surface area contributed by atoms with Crippen LogP contribution in [0.4, 0.5) is 10.5 Å². The molecule has 1 aliphatic rings. The summed E-state index contributed by atoms with van der Waals surface area (Å²) in [5, 5.41) is 0. The summed E-state index contributed by atoms with van der Waals surface area (Å²) >= 11 is 0. The zero-order valence-electron chi connectivity index (χ0n) is 16.8. The number of aromatic nitrogens is 2. The predicted octanol–water partition coefficient (Wildman–Crippen LogP) is 2.64. The van der Waals surface area contributed by atoms with Gasteiger partial charge in [-0.2, -0.15) is 4.79 Å². The molecule has 148 valence electrons. The number of ether oxygens (including phenoxy) is 2. The van der Waals surface area contributed by atoms with Gasteiger partial charge in [-0.1, -0.05) is 0 Å². The molecule has 0 saturated heterocycles. The molecule has 0 spiro atoms. The number of fused-ring (bicyclic) bond motifs is 1. The molecular weight excluding hydrogens is 360 g/mol. The van der Waals surface area contributed by atoms with E-state index in [-0.39, 0.29) is 12.1 Å². The van der Waals surface area contributed by atoms with Gasteiger partial charge >= 0.3 is 12.1 Å². The van der Waals surface area contributed by atoms with Crippen molar-refractivity contribution in [3.05, 3.63) is 30.1 Å². The van der Waals surface area contributed by atoms with E-state index in [1.165, 1.54) is 7.11 Å². The second-order valence-corrected chi connectivity index (χ2v) is 7.67. The van der Waals surface area contributed by atoms with Gasteiger partial charge in [-0.05, 0) is 32.9 Å². The maximum Gasteiger partial charge on any atom is 0.596 e. The molecule has 1 atom stereocenters. The van der Waals surface area contributed by atoms with Gasteiger partial charge in [0.15, 0.2) is 12.8 Å². The van der Waals surface area contributed by atoms with Gasteiger partial charge in [0.25, 0.3) is 0 Å². The Kier molecular flexibility index (Phi) is 5.31. The summed E-state index contributed by atoms with van der Waals surface area (Å²) < 4.78 is 11.9. The van der Waals surface area contributed by atoms with Crippen molar-refractivity contribution in [2.24, 2.45) is 0 Å². The van der Waals surface area contributed by atoms with E-state index >= 15 is 0 Å². The van der Waals surface area contributed by atoms with E-state index in [0.29, 0.717) is 23.1 Å². The van der Waals surface area contributed by atoms with Crippen LogP contribution in [0.2, 0.25) is 0 Å². The summed E-state index contributed by atoms with van der Waals surface area (Å²) in [5.74, 6) is -0.455. The molecule has 0 saturated carbocycles. The van der Waals surface area contributed by atoms with Crippen molar-refractivity contribution in [2.75, 3.05) is 25.6 Å². The Hall–Kier alpha value is -3.03. The molecular formula is C20H25N4O4+. The molecule has 1 aromatic carbocycles. The van der Waals surface area contributed by atoms with Crippen molar-refractivity contribution >= 4 is 35.0 Å². The molecule has 1 unspecified atom stereocenters. The normalized spacial score (nSPS) is 16.6. The van der Waals surface area contributed by atoms with Gasteiger partial charge in [0.1, 0.15) is 22.7 Å². The van der Waals surface area contributed by atoms with E-state index in [0.717, 1.165) is 12.1 Å². The Labute approximate surface area is 163 Å². The van der Waals surface area contributed by atoms with Crippen molar-refractivity contribution in [3.8, 4) is 0 Å². The minimum Gasteiger partial charge on any atom is -0.465 e. The van der Waals surface area contributed by atoms with Gasteiger partial charge in [0, 0.05) is 25.9 Å². The van der Waals surface area contributed by atoms with Gasteiger partial charge in [0.05, 0.1) is 18.4 Å². The third-order valence-electron chi connectivity index (χ3n) is 4.53. The summed E-state index contributed by atoms with van der Waals surface area (Å²) in [6.07, 6.45) is 5.41. The first-order valence-corrected chi connectivity index (χ1v) is 9.11. The molecule has 28 heavy (non-hydrogen) atoms. The van der Waals surface area contributed by atoms with Crippen LogP contribution in [-0.2, 0) is 9.47 Å². The van der Waals surface area contributed by atoms with E-state index in [1.54, 1.807) is 23.0 Å². The molecule has 0 fully saturated rings. The molecule has 0 bridgehead atoms. The zero-order valence-corrected chi connectivity index (χ0v) is 16.8. The topological polar surface area (TPSA) is 84.6 Å². The summed E-state index contributed by atoms with van der Waals surface area (Å²) in [6.45, 7) is 6.11.